The minimum atomic E-state index is -4.66. The Hall–Kier alpha value is -1.45. The Bertz CT molecular complexity index is 610. The number of aliphatic imine (C=N–C) groups is 1. The maximum absolute atomic E-state index is 13.7. The number of amidine groups is 1. The van der Waals surface area contributed by atoms with E-state index in [0.29, 0.717) is 10.0 Å². The zero-order valence-electron chi connectivity index (χ0n) is 11.4. The van der Waals surface area contributed by atoms with Crippen LogP contribution < -0.4 is 0 Å². The van der Waals surface area contributed by atoms with E-state index in [1.54, 1.807) is 12.1 Å². The van der Waals surface area contributed by atoms with Gasteiger partial charge in [0.2, 0.25) is 0 Å². The van der Waals surface area contributed by atoms with Crippen molar-refractivity contribution in [1.29, 1.82) is 0 Å². The van der Waals surface area contributed by atoms with E-state index in [1.807, 2.05) is 0 Å². The van der Waals surface area contributed by atoms with Crippen molar-refractivity contribution in [2.24, 2.45) is 15.1 Å². The normalized spacial score (nSPS) is 25.9. The molecule has 0 saturated heterocycles. The smallest absolute Gasteiger partial charge is 0.425 e. The second kappa shape index (κ2) is 6.35. The van der Waals surface area contributed by atoms with Crippen LogP contribution in [0.5, 0.6) is 0 Å². The van der Waals surface area contributed by atoms with Crippen LogP contribution in [0.15, 0.2) is 43.9 Å². The minimum Gasteiger partial charge on any atom is -0.450 e. The van der Waals surface area contributed by atoms with Gasteiger partial charge in [0, 0.05) is 10.9 Å². The summed E-state index contributed by atoms with van der Waals surface area (Å²) in [5.41, 5.74) is -1.39. The van der Waals surface area contributed by atoms with Crippen molar-refractivity contribution in [3.8, 4) is 0 Å². The number of alkyl halides is 4. The molecular formula is C12H11BBrF4N3O. The predicted octanol–water partition coefficient (Wildman–Crippen LogP) is 3.32. The fourth-order valence-electron chi connectivity index (χ4n) is 2.17. The van der Waals surface area contributed by atoms with Crippen molar-refractivity contribution in [3.05, 3.63) is 34.3 Å². The zero-order valence-corrected chi connectivity index (χ0v) is 13.0. The molecule has 0 fully saturated rings. The molecule has 22 heavy (non-hydrogen) atoms. The fraction of sp³-hybridized carbons (Fsp3) is 0.417. The summed E-state index contributed by atoms with van der Waals surface area (Å²) in [5.74, 6) is 0. The van der Waals surface area contributed by atoms with Crippen LogP contribution in [0, 0.1) is 0 Å². The fourth-order valence-corrected chi connectivity index (χ4v) is 2.57. The van der Waals surface area contributed by atoms with Crippen LogP contribution >= 0.6 is 15.9 Å². The lowest BCUT2D eigenvalue weighted by Gasteiger charge is -2.36. The molecule has 0 amide bonds. The lowest BCUT2D eigenvalue weighted by Crippen LogP contribution is -2.45. The first-order valence-corrected chi connectivity index (χ1v) is 7.05. The van der Waals surface area contributed by atoms with E-state index in [9.17, 15) is 17.6 Å². The van der Waals surface area contributed by atoms with Gasteiger partial charge in [-0.3, -0.25) is 5.03 Å². The van der Waals surface area contributed by atoms with E-state index in [-0.39, 0.29) is 0 Å². The second-order valence-corrected chi connectivity index (χ2v) is 5.64. The van der Waals surface area contributed by atoms with Gasteiger partial charge in [0.1, 0.15) is 12.2 Å². The third kappa shape index (κ3) is 3.48. The average molecular weight is 380 g/mol. The van der Waals surface area contributed by atoms with Crippen LogP contribution in [0.4, 0.5) is 17.6 Å². The number of benzene rings is 1. The molecule has 0 saturated carbocycles. The summed E-state index contributed by atoms with van der Waals surface area (Å²) in [4.78, 5) is 3.93. The van der Waals surface area contributed by atoms with Crippen molar-refractivity contribution in [3.63, 3.8) is 0 Å². The van der Waals surface area contributed by atoms with Gasteiger partial charge in [-0.05, 0) is 17.7 Å². The summed E-state index contributed by atoms with van der Waals surface area (Å²) in [5, 5.41) is 6.77. The Balaban J connectivity index is 2.53. The van der Waals surface area contributed by atoms with Gasteiger partial charge in [0.05, 0.1) is 0 Å². The monoisotopic (exact) mass is 379 g/mol. The van der Waals surface area contributed by atoms with Gasteiger partial charge in [-0.1, -0.05) is 28.1 Å². The molecule has 1 aromatic rings. The Morgan fingerprint density at radius 3 is 2.73 bits per heavy atom. The lowest BCUT2D eigenvalue weighted by atomic mass is 9.85. The van der Waals surface area contributed by atoms with Crippen LogP contribution in [0.2, 0.25) is 0 Å². The molecule has 1 heterocycles. The van der Waals surface area contributed by atoms with Crippen LogP contribution in [-0.2, 0) is 10.3 Å². The summed E-state index contributed by atoms with van der Waals surface area (Å²) >= 11 is 3.22. The molecule has 118 valence electrons. The highest BCUT2D eigenvalue weighted by molar-refractivity contribution is 9.10. The van der Waals surface area contributed by atoms with Gasteiger partial charge < -0.3 is 4.74 Å². The van der Waals surface area contributed by atoms with E-state index in [1.165, 1.54) is 20.1 Å². The second-order valence-electron chi connectivity index (χ2n) is 4.72. The van der Waals surface area contributed by atoms with Gasteiger partial charge >= 0.3 is 12.2 Å². The van der Waals surface area contributed by atoms with Crippen molar-refractivity contribution in [2.75, 3.05) is 6.67 Å². The van der Waals surface area contributed by atoms with Crippen LogP contribution in [0.25, 0.3) is 0 Å². The lowest BCUT2D eigenvalue weighted by molar-refractivity contribution is -0.209. The molecule has 0 spiro atoms. The van der Waals surface area contributed by atoms with Crippen molar-refractivity contribution >= 4 is 29.9 Å². The number of rotatable bonds is 2. The van der Waals surface area contributed by atoms with Crippen molar-refractivity contribution in [1.82, 2.24) is 0 Å². The first-order chi connectivity index (χ1) is 10.3. The molecular weight excluding hydrogens is 369 g/mol. The van der Waals surface area contributed by atoms with Gasteiger partial charge in [0.15, 0.2) is 6.10 Å². The van der Waals surface area contributed by atoms with Gasteiger partial charge in [-0.15, -0.1) is 5.11 Å². The third-order valence-corrected chi connectivity index (χ3v) is 3.71. The standard InChI is InChI=1S/C12H11BBrF4N3O/c13-21-20-10-19-11(6-15,5-9(22-10)12(16,17)18)7-2-1-3-8(14)4-7/h1-4,9H,5-6,13H2/t9-,11+/m0/s1. The molecule has 0 radical (unpaired) electrons. The Kier molecular flexibility index (Phi) is 4.88. The SMILES string of the molecule is BN=NC1=N[C@](CF)(c2cccc(Br)c2)C[C@@H](C(F)(F)F)O1. The number of nitrogens with zero attached hydrogens (tertiary/aromatic N) is 3. The van der Waals surface area contributed by atoms with Gasteiger partial charge in [-0.2, -0.15) is 13.2 Å². The van der Waals surface area contributed by atoms with E-state index < -0.39 is 36.9 Å². The van der Waals surface area contributed by atoms with Crippen molar-refractivity contribution in [2.45, 2.75) is 24.2 Å². The summed E-state index contributed by atoms with van der Waals surface area (Å²) in [6.45, 7) is -1.11. The number of hydrogen-bond acceptors (Lipinski definition) is 4. The molecule has 0 aliphatic carbocycles. The Labute approximate surface area is 133 Å². The van der Waals surface area contributed by atoms with Crippen LogP contribution in [0.1, 0.15) is 12.0 Å². The quantitative estimate of drug-likeness (QED) is 0.441. The molecule has 0 bridgehead atoms. The molecule has 10 heteroatoms. The average Bonchev–Trinajstić information content (AvgIpc) is 2.46. The third-order valence-electron chi connectivity index (χ3n) is 3.21. The summed E-state index contributed by atoms with van der Waals surface area (Å²) in [6.07, 6.45) is -7.51. The summed E-state index contributed by atoms with van der Waals surface area (Å²) in [7, 11) is 1.26. The largest absolute Gasteiger partial charge is 0.450 e. The predicted molar refractivity (Wildman–Crippen MR) is 78.2 cm³/mol. The molecule has 2 atom stereocenters. The maximum atomic E-state index is 13.7. The van der Waals surface area contributed by atoms with E-state index in [4.69, 9.17) is 0 Å². The highest BCUT2D eigenvalue weighted by Gasteiger charge is 2.51. The summed E-state index contributed by atoms with van der Waals surface area (Å²) in [6, 6.07) is 5.77. The molecule has 4 nitrogen and oxygen atoms in total. The minimum absolute atomic E-state index is 0.311. The first kappa shape index (κ1) is 16.9. The number of hydrogen-bond donors (Lipinski definition) is 0. The van der Waals surface area contributed by atoms with Crippen LogP contribution in [0.3, 0.4) is 0 Å². The van der Waals surface area contributed by atoms with Gasteiger partial charge in [0.25, 0.3) is 7.98 Å². The van der Waals surface area contributed by atoms with Crippen molar-refractivity contribution < 1.29 is 22.3 Å². The molecule has 1 aliphatic rings. The van der Waals surface area contributed by atoms with Gasteiger partial charge in [-0.25, -0.2) is 9.38 Å². The Morgan fingerprint density at radius 2 is 2.18 bits per heavy atom. The number of halogens is 5. The highest BCUT2D eigenvalue weighted by Crippen LogP contribution is 2.41. The molecule has 2 rings (SSSR count). The molecule has 1 aliphatic heterocycles. The molecule has 1 aromatic carbocycles. The topological polar surface area (TPSA) is 46.3 Å². The first-order valence-electron chi connectivity index (χ1n) is 6.26. The maximum Gasteiger partial charge on any atom is 0.425 e. The van der Waals surface area contributed by atoms with E-state index >= 15 is 0 Å². The Morgan fingerprint density at radius 1 is 1.45 bits per heavy atom. The van der Waals surface area contributed by atoms with E-state index in [2.05, 4.69) is 35.8 Å². The highest BCUT2D eigenvalue weighted by atomic mass is 79.9. The summed E-state index contributed by atoms with van der Waals surface area (Å²) < 4.78 is 58.1. The van der Waals surface area contributed by atoms with Crippen LogP contribution in [-0.4, -0.2) is 33.0 Å². The molecule has 0 N–H and O–H groups in total. The van der Waals surface area contributed by atoms with E-state index in [0.717, 1.165) is 0 Å². The zero-order chi connectivity index (χ0) is 16.4. The molecule has 0 unspecified atom stereocenters. The number of ether oxygens (including phenoxy) is 1. The molecule has 0 aromatic heterocycles.